The SMILES string of the molecule is CC(C)N1c2cc(Cl)ncc2N(C)C(=O)C1C. The van der Waals surface area contributed by atoms with E-state index in [-0.39, 0.29) is 18.0 Å². The van der Waals surface area contributed by atoms with Gasteiger partial charge in [0.25, 0.3) is 0 Å². The van der Waals surface area contributed by atoms with Crippen molar-refractivity contribution in [2.75, 3.05) is 16.8 Å². The molecule has 1 aliphatic heterocycles. The molecular weight excluding hydrogens is 238 g/mol. The molecule has 4 nitrogen and oxygen atoms in total. The van der Waals surface area contributed by atoms with E-state index in [0.29, 0.717) is 5.15 Å². The Hall–Kier alpha value is -1.29. The summed E-state index contributed by atoms with van der Waals surface area (Å²) in [5.74, 6) is 0.0790. The zero-order valence-electron chi connectivity index (χ0n) is 10.4. The number of hydrogen-bond donors (Lipinski definition) is 0. The van der Waals surface area contributed by atoms with Crippen molar-refractivity contribution in [1.29, 1.82) is 0 Å². The highest BCUT2D eigenvalue weighted by Crippen LogP contribution is 2.37. The summed E-state index contributed by atoms with van der Waals surface area (Å²) < 4.78 is 0. The fraction of sp³-hybridized carbons (Fsp3) is 0.500. The summed E-state index contributed by atoms with van der Waals surface area (Å²) >= 11 is 5.94. The molecule has 0 radical (unpaired) electrons. The van der Waals surface area contributed by atoms with E-state index < -0.39 is 0 Å². The lowest BCUT2D eigenvalue weighted by molar-refractivity contribution is -0.119. The first kappa shape index (κ1) is 12.2. The molecule has 0 spiro atoms. The second-order valence-electron chi connectivity index (χ2n) is 4.57. The highest BCUT2D eigenvalue weighted by molar-refractivity contribution is 6.30. The number of carbonyl (C=O) groups excluding carboxylic acids is 1. The Labute approximate surface area is 106 Å². The van der Waals surface area contributed by atoms with Crippen LogP contribution >= 0.6 is 11.6 Å². The number of rotatable bonds is 1. The largest absolute Gasteiger partial charge is 0.356 e. The van der Waals surface area contributed by atoms with Crippen molar-refractivity contribution in [2.45, 2.75) is 32.9 Å². The van der Waals surface area contributed by atoms with Gasteiger partial charge in [0.2, 0.25) is 5.91 Å². The number of hydrogen-bond acceptors (Lipinski definition) is 3. The number of nitrogens with zero attached hydrogens (tertiary/aromatic N) is 3. The molecule has 2 rings (SSSR count). The summed E-state index contributed by atoms with van der Waals surface area (Å²) in [6.45, 7) is 6.04. The fourth-order valence-corrected chi connectivity index (χ4v) is 2.48. The van der Waals surface area contributed by atoms with E-state index in [0.717, 1.165) is 11.4 Å². The Morgan fingerprint density at radius 1 is 1.41 bits per heavy atom. The topological polar surface area (TPSA) is 36.4 Å². The molecule has 2 heterocycles. The number of amides is 1. The smallest absolute Gasteiger partial charge is 0.249 e. The Morgan fingerprint density at radius 3 is 2.65 bits per heavy atom. The van der Waals surface area contributed by atoms with Crippen LogP contribution in [0.1, 0.15) is 20.8 Å². The van der Waals surface area contributed by atoms with Crippen LogP contribution in [0.25, 0.3) is 0 Å². The molecular formula is C12H16ClN3O. The van der Waals surface area contributed by atoms with Crippen molar-refractivity contribution in [1.82, 2.24) is 4.98 Å². The van der Waals surface area contributed by atoms with Gasteiger partial charge in [-0.1, -0.05) is 11.6 Å². The molecule has 0 aromatic carbocycles. The van der Waals surface area contributed by atoms with Gasteiger partial charge in [-0.25, -0.2) is 4.98 Å². The van der Waals surface area contributed by atoms with Crippen LogP contribution in [0.2, 0.25) is 5.15 Å². The maximum atomic E-state index is 12.1. The Kier molecular flexibility index (Phi) is 3.00. The molecule has 1 aliphatic rings. The first-order valence-electron chi connectivity index (χ1n) is 5.65. The molecule has 0 bridgehead atoms. The van der Waals surface area contributed by atoms with Crippen molar-refractivity contribution in [3.05, 3.63) is 17.4 Å². The first-order valence-corrected chi connectivity index (χ1v) is 6.02. The molecule has 92 valence electrons. The molecule has 5 heteroatoms. The first-order chi connectivity index (χ1) is 7.93. The zero-order chi connectivity index (χ0) is 12.7. The third kappa shape index (κ3) is 1.86. The number of halogens is 1. The van der Waals surface area contributed by atoms with Crippen molar-refractivity contribution in [3.63, 3.8) is 0 Å². The van der Waals surface area contributed by atoms with Crippen LogP contribution in [0.4, 0.5) is 11.4 Å². The average Bonchev–Trinajstić information content (AvgIpc) is 2.25. The molecule has 1 amide bonds. The third-order valence-corrected chi connectivity index (χ3v) is 3.34. The minimum atomic E-state index is -0.175. The number of pyridine rings is 1. The van der Waals surface area contributed by atoms with E-state index in [1.807, 2.05) is 13.0 Å². The van der Waals surface area contributed by atoms with Crippen LogP contribution in [0, 0.1) is 0 Å². The number of likely N-dealkylation sites (N-methyl/N-ethyl adjacent to an activating group) is 1. The molecule has 1 atom stereocenters. The average molecular weight is 254 g/mol. The van der Waals surface area contributed by atoms with E-state index in [4.69, 9.17) is 11.6 Å². The zero-order valence-corrected chi connectivity index (χ0v) is 11.2. The van der Waals surface area contributed by atoms with Gasteiger partial charge in [-0.05, 0) is 20.8 Å². The number of fused-ring (bicyclic) bond motifs is 1. The van der Waals surface area contributed by atoms with Crippen LogP contribution in [0.3, 0.4) is 0 Å². The molecule has 0 saturated heterocycles. The monoisotopic (exact) mass is 253 g/mol. The van der Waals surface area contributed by atoms with Gasteiger partial charge in [-0.3, -0.25) is 4.79 Å². The van der Waals surface area contributed by atoms with Crippen LogP contribution in [-0.2, 0) is 4.79 Å². The van der Waals surface area contributed by atoms with Gasteiger partial charge in [-0.2, -0.15) is 0 Å². The maximum Gasteiger partial charge on any atom is 0.249 e. The lowest BCUT2D eigenvalue weighted by Crippen LogP contribution is -2.53. The lowest BCUT2D eigenvalue weighted by atomic mass is 10.1. The molecule has 0 saturated carbocycles. The van der Waals surface area contributed by atoms with Crippen LogP contribution in [0.5, 0.6) is 0 Å². The minimum absolute atomic E-state index is 0.0790. The van der Waals surface area contributed by atoms with Gasteiger partial charge in [0, 0.05) is 19.2 Å². The summed E-state index contributed by atoms with van der Waals surface area (Å²) in [7, 11) is 1.77. The van der Waals surface area contributed by atoms with Crippen LogP contribution < -0.4 is 9.80 Å². The van der Waals surface area contributed by atoms with Crippen molar-refractivity contribution < 1.29 is 4.79 Å². The molecule has 17 heavy (non-hydrogen) atoms. The van der Waals surface area contributed by atoms with Gasteiger partial charge in [0.15, 0.2) is 0 Å². The van der Waals surface area contributed by atoms with Gasteiger partial charge < -0.3 is 9.80 Å². The van der Waals surface area contributed by atoms with Gasteiger partial charge in [0.05, 0.1) is 17.6 Å². The predicted octanol–water partition coefficient (Wildman–Crippen LogP) is 2.31. The second kappa shape index (κ2) is 4.18. The summed E-state index contributed by atoms with van der Waals surface area (Å²) in [5.41, 5.74) is 1.78. The highest BCUT2D eigenvalue weighted by atomic mass is 35.5. The number of aromatic nitrogens is 1. The maximum absolute atomic E-state index is 12.1. The fourth-order valence-electron chi connectivity index (χ4n) is 2.33. The molecule has 0 fully saturated rings. The van der Waals surface area contributed by atoms with E-state index in [9.17, 15) is 4.79 Å². The molecule has 1 aromatic heterocycles. The summed E-state index contributed by atoms with van der Waals surface area (Å²) in [6.07, 6.45) is 1.65. The Balaban J connectivity index is 2.60. The van der Waals surface area contributed by atoms with Crippen molar-refractivity contribution in [3.8, 4) is 0 Å². The Morgan fingerprint density at radius 2 is 2.06 bits per heavy atom. The van der Waals surface area contributed by atoms with Gasteiger partial charge >= 0.3 is 0 Å². The highest BCUT2D eigenvalue weighted by Gasteiger charge is 2.35. The summed E-state index contributed by atoms with van der Waals surface area (Å²) in [4.78, 5) is 19.9. The molecule has 0 N–H and O–H groups in total. The van der Waals surface area contributed by atoms with Crippen molar-refractivity contribution >= 4 is 28.9 Å². The summed E-state index contributed by atoms with van der Waals surface area (Å²) in [5, 5.41) is 0.448. The van der Waals surface area contributed by atoms with Gasteiger partial charge in [0.1, 0.15) is 11.2 Å². The van der Waals surface area contributed by atoms with E-state index >= 15 is 0 Å². The van der Waals surface area contributed by atoms with Gasteiger partial charge in [-0.15, -0.1) is 0 Å². The van der Waals surface area contributed by atoms with E-state index in [2.05, 4.69) is 23.7 Å². The van der Waals surface area contributed by atoms with E-state index in [1.54, 1.807) is 18.1 Å². The molecule has 1 unspecified atom stereocenters. The quantitative estimate of drug-likeness (QED) is 0.721. The van der Waals surface area contributed by atoms with Crippen LogP contribution in [0.15, 0.2) is 12.3 Å². The Bertz CT molecular complexity index is 461. The third-order valence-electron chi connectivity index (χ3n) is 3.13. The normalized spacial score (nSPS) is 19.9. The number of carbonyl (C=O) groups is 1. The standard InChI is InChI=1S/C12H16ClN3O/c1-7(2)16-8(3)12(17)15(4)10-6-14-11(13)5-9(10)16/h5-8H,1-4H3. The van der Waals surface area contributed by atoms with Crippen molar-refractivity contribution in [2.24, 2.45) is 0 Å². The van der Waals surface area contributed by atoms with Crippen LogP contribution in [-0.4, -0.2) is 30.0 Å². The minimum Gasteiger partial charge on any atom is -0.356 e. The molecule has 0 aliphatic carbocycles. The second-order valence-corrected chi connectivity index (χ2v) is 4.96. The van der Waals surface area contributed by atoms with E-state index in [1.165, 1.54) is 0 Å². The predicted molar refractivity (Wildman–Crippen MR) is 69.7 cm³/mol. The number of anilines is 2. The summed E-state index contributed by atoms with van der Waals surface area (Å²) in [6, 6.07) is 1.88. The lowest BCUT2D eigenvalue weighted by Gasteiger charge is -2.42. The molecule has 1 aromatic rings.